The van der Waals surface area contributed by atoms with Gasteiger partial charge in [-0.15, -0.1) is 0 Å². The van der Waals surface area contributed by atoms with E-state index in [1.807, 2.05) is 24.4 Å². The van der Waals surface area contributed by atoms with E-state index in [1.165, 1.54) is 5.56 Å². The van der Waals surface area contributed by atoms with Crippen molar-refractivity contribution < 1.29 is 4.79 Å². The Hall–Kier alpha value is -2.20. The summed E-state index contributed by atoms with van der Waals surface area (Å²) in [6.45, 7) is 2.97. The number of carbonyl (C=O) groups excluding carboxylic acids is 1. The Morgan fingerprint density at radius 3 is 2.87 bits per heavy atom. The maximum Gasteiger partial charge on any atom is 0.223 e. The highest BCUT2D eigenvalue weighted by molar-refractivity contribution is 5.80. The lowest BCUT2D eigenvalue weighted by Crippen LogP contribution is -2.44. The van der Waals surface area contributed by atoms with Gasteiger partial charge in [0.15, 0.2) is 0 Å². The number of nitrogens with two attached hydrogens (primary N) is 1. The van der Waals surface area contributed by atoms with Crippen molar-refractivity contribution in [3.8, 4) is 11.3 Å². The van der Waals surface area contributed by atoms with E-state index in [2.05, 4.69) is 35.4 Å². The van der Waals surface area contributed by atoms with E-state index in [4.69, 9.17) is 5.73 Å². The van der Waals surface area contributed by atoms with Crippen molar-refractivity contribution in [1.82, 2.24) is 10.3 Å². The zero-order chi connectivity index (χ0) is 16.0. The van der Waals surface area contributed by atoms with Gasteiger partial charge in [-0.1, -0.05) is 18.2 Å². The van der Waals surface area contributed by atoms with Gasteiger partial charge in [0.1, 0.15) is 0 Å². The molecule has 1 aliphatic heterocycles. The Bertz CT molecular complexity index is 748. The molecule has 2 heterocycles. The topological polar surface area (TPSA) is 68.0 Å². The minimum absolute atomic E-state index is 0.109. The number of aromatic nitrogens is 1. The summed E-state index contributed by atoms with van der Waals surface area (Å²) in [4.78, 5) is 16.5. The maximum absolute atomic E-state index is 12.0. The number of aryl methyl sites for hydroxylation is 1. The summed E-state index contributed by atoms with van der Waals surface area (Å²) < 4.78 is 0. The highest BCUT2D eigenvalue weighted by Crippen LogP contribution is 2.51. The van der Waals surface area contributed by atoms with Gasteiger partial charge in [0.25, 0.3) is 0 Å². The molecule has 2 aliphatic rings. The minimum Gasteiger partial charge on any atom is -0.369 e. The minimum atomic E-state index is -0.298. The van der Waals surface area contributed by atoms with Gasteiger partial charge in [-0.2, -0.15) is 0 Å². The summed E-state index contributed by atoms with van der Waals surface area (Å²) in [6, 6.07) is 12.4. The number of fused-ring (bicyclic) bond motifs is 2. The molecule has 23 heavy (non-hydrogen) atoms. The van der Waals surface area contributed by atoms with Crippen molar-refractivity contribution in [3.05, 3.63) is 53.7 Å². The van der Waals surface area contributed by atoms with Gasteiger partial charge < -0.3 is 11.1 Å². The second-order valence-corrected chi connectivity index (χ2v) is 6.78. The summed E-state index contributed by atoms with van der Waals surface area (Å²) >= 11 is 0. The molecule has 4 nitrogen and oxygen atoms in total. The molecule has 1 aromatic heterocycles. The summed E-state index contributed by atoms with van der Waals surface area (Å²) in [5.74, 6) is 0.0753. The fourth-order valence-corrected chi connectivity index (χ4v) is 4.47. The molecule has 1 aliphatic carbocycles. The van der Waals surface area contributed by atoms with Gasteiger partial charge in [-0.05, 0) is 61.6 Å². The lowest BCUT2D eigenvalue weighted by Gasteiger charge is -2.32. The van der Waals surface area contributed by atoms with Crippen LogP contribution in [0.3, 0.4) is 0 Å². The molecule has 0 spiro atoms. The number of nitrogens with zero attached hydrogens (tertiary/aromatic N) is 1. The van der Waals surface area contributed by atoms with Crippen molar-refractivity contribution >= 4 is 5.91 Å². The number of benzene rings is 1. The number of amides is 1. The fraction of sp³-hybridized carbons (Fsp3) is 0.368. The smallest absolute Gasteiger partial charge is 0.223 e. The van der Waals surface area contributed by atoms with Gasteiger partial charge in [0.2, 0.25) is 5.91 Å². The number of nitrogens with one attached hydrogen (secondary N) is 1. The standard InChI is InChI=1S/C19H21N3O/c1-12-5-6-14(10-15(12)16-4-2-3-9-21-16)19-8-7-13(11-22-19)17(19)18(20)23/h2-6,9-10,13,17,22H,7-8,11H2,1H3,(H2,20,23). The third-order valence-corrected chi connectivity index (χ3v) is 5.59. The molecule has 4 rings (SSSR count). The summed E-state index contributed by atoms with van der Waals surface area (Å²) in [5.41, 5.74) is 9.87. The van der Waals surface area contributed by atoms with Crippen LogP contribution in [0.1, 0.15) is 24.0 Å². The fourth-order valence-electron chi connectivity index (χ4n) is 4.47. The van der Waals surface area contributed by atoms with E-state index < -0.39 is 0 Å². The van der Waals surface area contributed by atoms with E-state index in [-0.39, 0.29) is 17.4 Å². The highest BCUT2D eigenvalue weighted by atomic mass is 16.1. The van der Waals surface area contributed by atoms with Crippen LogP contribution < -0.4 is 11.1 Å². The summed E-state index contributed by atoms with van der Waals surface area (Å²) in [6.07, 6.45) is 3.84. The van der Waals surface area contributed by atoms with Gasteiger partial charge in [-0.25, -0.2) is 0 Å². The van der Waals surface area contributed by atoms with Crippen molar-refractivity contribution in [3.63, 3.8) is 0 Å². The SMILES string of the molecule is Cc1ccc(C23CCC(CN2)C3C(N)=O)cc1-c1ccccn1. The van der Waals surface area contributed by atoms with E-state index >= 15 is 0 Å². The Morgan fingerprint density at radius 1 is 1.35 bits per heavy atom. The molecule has 1 saturated carbocycles. The predicted octanol–water partition coefficient (Wildman–Crippen LogP) is 2.37. The Morgan fingerprint density at radius 2 is 2.22 bits per heavy atom. The molecule has 3 N–H and O–H groups in total. The zero-order valence-electron chi connectivity index (χ0n) is 13.3. The third-order valence-electron chi connectivity index (χ3n) is 5.59. The van der Waals surface area contributed by atoms with E-state index in [1.54, 1.807) is 0 Å². The lowest BCUT2D eigenvalue weighted by molar-refractivity contribution is -0.123. The van der Waals surface area contributed by atoms with Crippen LogP contribution in [-0.2, 0) is 10.3 Å². The molecule has 3 unspecified atom stereocenters. The van der Waals surface area contributed by atoms with E-state index in [9.17, 15) is 4.79 Å². The number of piperidine rings is 1. The summed E-state index contributed by atoms with van der Waals surface area (Å²) in [5, 5.41) is 3.59. The molecule has 2 bridgehead atoms. The number of hydrogen-bond donors (Lipinski definition) is 2. The number of rotatable bonds is 3. The van der Waals surface area contributed by atoms with Crippen molar-refractivity contribution in [1.29, 1.82) is 0 Å². The second-order valence-electron chi connectivity index (χ2n) is 6.78. The molecule has 1 saturated heterocycles. The molecule has 118 valence electrons. The second kappa shape index (κ2) is 5.17. The van der Waals surface area contributed by atoms with Crippen molar-refractivity contribution in [2.75, 3.05) is 6.54 Å². The molecular weight excluding hydrogens is 286 g/mol. The van der Waals surface area contributed by atoms with E-state index in [0.717, 1.165) is 36.2 Å². The number of hydrogen-bond acceptors (Lipinski definition) is 3. The molecule has 1 aromatic carbocycles. The Balaban J connectivity index is 1.83. The predicted molar refractivity (Wildman–Crippen MR) is 89.5 cm³/mol. The number of pyridine rings is 1. The summed E-state index contributed by atoms with van der Waals surface area (Å²) in [7, 11) is 0. The molecule has 4 heteroatoms. The first-order valence-electron chi connectivity index (χ1n) is 8.19. The van der Waals surface area contributed by atoms with Gasteiger partial charge in [0.05, 0.1) is 17.2 Å². The van der Waals surface area contributed by atoms with Crippen LogP contribution in [0.2, 0.25) is 0 Å². The number of primary amides is 1. The first-order valence-corrected chi connectivity index (χ1v) is 8.19. The number of carbonyl (C=O) groups is 1. The Kier molecular flexibility index (Phi) is 3.23. The quantitative estimate of drug-likeness (QED) is 0.914. The van der Waals surface area contributed by atoms with Crippen LogP contribution in [0.25, 0.3) is 11.3 Å². The first-order chi connectivity index (χ1) is 11.1. The average Bonchev–Trinajstić information content (AvgIpc) is 3.13. The van der Waals surface area contributed by atoms with Crippen molar-refractivity contribution in [2.24, 2.45) is 17.6 Å². The van der Waals surface area contributed by atoms with Gasteiger partial charge in [0, 0.05) is 11.8 Å². The zero-order valence-corrected chi connectivity index (χ0v) is 13.3. The van der Waals surface area contributed by atoms with E-state index in [0.29, 0.717) is 5.92 Å². The van der Waals surface area contributed by atoms with Crippen molar-refractivity contribution in [2.45, 2.75) is 25.3 Å². The molecular formula is C19H21N3O. The van der Waals surface area contributed by atoms with Crippen LogP contribution in [0, 0.1) is 18.8 Å². The van der Waals surface area contributed by atoms with Crippen LogP contribution >= 0.6 is 0 Å². The molecule has 2 fully saturated rings. The Labute approximate surface area is 136 Å². The van der Waals surface area contributed by atoms with Gasteiger partial charge >= 0.3 is 0 Å². The van der Waals surface area contributed by atoms with Crippen LogP contribution in [-0.4, -0.2) is 17.4 Å². The average molecular weight is 307 g/mol. The van der Waals surface area contributed by atoms with Crippen LogP contribution in [0.5, 0.6) is 0 Å². The van der Waals surface area contributed by atoms with Gasteiger partial charge in [-0.3, -0.25) is 9.78 Å². The first kappa shape index (κ1) is 14.4. The maximum atomic E-state index is 12.0. The van der Waals surface area contributed by atoms with Crippen LogP contribution in [0.15, 0.2) is 42.6 Å². The molecule has 2 aromatic rings. The highest BCUT2D eigenvalue weighted by Gasteiger charge is 2.56. The monoisotopic (exact) mass is 307 g/mol. The normalized spacial score (nSPS) is 28.9. The molecule has 1 amide bonds. The molecule has 0 radical (unpaired) electrons. The molecule has 3 atom stereocenters. The largest absolute Gasteiger partial charge is 0.369 e. The third kappa shape index (κ3) is 2.09. The van der Waals surface area contributed by atoms with Crippen LogP contribution in [0.4, 0.5) is 0 Å². The lowest BCUT2D eigenvalue weighted by atomic mass is 9.79.